The fourth-order valence-corrected chi connectivity index (χ4v) is 2.32. The van der Waals surface area contributed by atoms with Crippen LogP contribution >= 0.6 is 0 Å². The Morgan fingerprint density at radius 3 is 2.28 bits per heavy atom. The zero-order valence-electron chi connectivity index (χ0n) is 11.4. The molecule has 0 saturated carbocycles. The molecule has 1 atom stereocenters. The molecule has 1 rings (SSSR count). The van der Waals surface area contributed by atoms with Crippen molar-refractivity contribution in [1.29, 1.82) is 0 Å². The molecule has 0 heterocycles. The summed E-state index contributed by atoms with van der Waals surface area (Å²) in [4.78, 5) is 2.02. The van der Waals surface area contributed by atoms with Crippen LogP contribution in [0.2, 0.25) is 0 Å². The molecule has 4 heteroatoms. The van der Waals surface area contributed by atoms with Gasteiger partial charge in [-0.25, -0.2) is 8.78 Å². The average molecular weight is 257 g/mol. The van der Waals surface area contributed by atoms with Gasteiger partial charge in [0.2, 0.25) is 0 Å². The van der Waals surface area contributed by atoms with E-state index in [0.717, 1.165) is 19.2 Å². The Balaban J connectivity index is 3.12. The molecule has 0 saturated heterocycles. The number of rotatable bonds is 5. The van der Waals surface area contributed by atoms with Gasteiger partial charge in [-0.15, -0.1) is 0 Å². The van der Waals surface area contributed by atoms with Gasteiger partial charge in [-0.05, 0) is 33.0 Å². The highest BCUT2D eigenvalue weighted by atomic mass is 19.2. The third-order valence-corrected chi connectivity index (χ3v) is 3.52. The summed E-state index contributed by atoms with van der Waals surface area (Å²) in [5, 5.41) is 10.3. The fraction of sp³-hybridized carbons (Fsp3) is 0.571. The van der Waals surface area contributed by atoms with E-state index in [1.54, 1.807) is 0 Å². The van der Waals surface area contributed by atoms with E-state index in [1.165, 1.54) is 12.1 Å². The lowest BCUT2D eigenvalue weighted by Crippen LogP contribution is -2.48. The van der Waals surface area contributed by atoms with Crippen LogP contribution in [0.5, 0.6) is 0 Å². The van der Waals surface area contributed by atoms with E-state index in [1.807, 2.05) is 32.6 Å². The first kappa shape index (κ1) is 15.1. The van der Waals surface area contributed by atoms with Gasteiger partial charge in [0.05, 0.1) is 6.10 Å². The highest BCUT2D eigenvalue weighted by molar-refractivity contribution is 5.24. The van der Waals surface area contributed by atoms with Gasteiger partial charge in [-0.1, -0.05) is 26.0 Å². The van der Waals surface area contributed by atoms with Gasteiger partial charge in [0, 0.05) is 11.1 Å². The van der Waals surface area contributed by atoms with Gasteiger partial charge in [0.25, 0.3) is 0 Å². The van der Waals surface area contributed by atoms with E-state index in [2.05, 4.69) is 0 Å². The van der Waals surface area contributed by atoms with E-state index in [-0.39, 0.29) is 5.56 Å². The Morgan fingerprint density at radius 2 is 1.78 bits per heavy atom. The summed E-state index contributed by atoms with van der Waals surface area (Å²) in [5.74, 6) is -1.90. The Labute approximate surface area is 107 Å². The van der Waals surface area contributed by atoms with E-state index >= 15 is 0 Å². The van der Waals surface area contributed by atoms with Gasteiger partial charge >= 0.3 is 0 Å². The summed E-state index contributed by atoms with van der Waals surface area (Å²) in [7, 11) is 0. The maximum Gasteiger partial charge on any atom is 0.164 e. The Hall–Kier alpha value is -1.00. The van der Waals surface area contributed by atoms with Gasteiger partial charge in [-0.3, -0.25) is 4.90 Å². The molecular weight excluding hydrogens is 236 g/mol. The Morgan fingerprint density at radius 1 is 1.22 bits per heavy atom. The molecular formula is C14H21F2NO. The van der Waals surface area contributed by atoms with E-state index in [9.17, 15) is 13.9 Å². The molecule has 0 bridgehead atoms. The normalized spacial score (nSPS) is 14.0. The van der Waals surface area contributed by atoms with E-state index in [0.29, 0.717) is 0 Å². The number of halogens is 2. The SMILES string of the molecule is CCN(CC)C(C)(C)C(O)c1cccc(F)c1F. The van der Waals surface area contributed by atoms with Crippen molar-refractivity contribution < 1.29 is 13.9 Å². The molecule has 0 radical (unpaired) electrons. The number of hydrogen-bond donors (Lipinski definition) is 1. The number of nitrogens with zero attached hydrogens (tertiary/aromatic N) is 1. The number of hydrogen-bond acceptors (Lipinski definition) is 2. The van der Waals surface area contributed by atoms with Crippen LogP contribution in [0.15, 0.2) is 18.2 Å². The van der Waals surface area contributed by atoms with Gasteiger partial charge in [-0.2, -0.15) is 0 Å². The van der Waals surface area contributed by atoms with Crippen LogP contribution in [0, 0.1) is 11.6 Å². The van der Waals surface area contributed by atoms with Crippen LogP contribution in [-0.2, 0) is 0 Å². The third-order valence-electron chi connectivity index (χ3n) is 3.52. The molecule has 1 aromatic rings. The second-order valence-electron chi connectivity index (χ2n) is 4.87. The molecule has 102 valence electrons. The lowest BCUT2D eigenvalue weighted by molar-refractivity contribution is -0.00844. The molecule has 1 aromatic carbocycles. The van der Waals surface area contributed by atoms with Gasteiger partial charge in [0.1, 0.15) is 0 Å². The van der Waals surface area contributed by atoms with Crippen molar-refractivity contribution in [2.45, 2.75) is 39.3 Å². The van der Waals surface area contributed by atoms with E-state index in [4.69, 9.17) is 0 Å². The number of aliphatic hydroxyl groups excluding tert-OH is 1. The maximum atomic E-state index is 13.7. The lowest BCUT2D eigenvalue weighted by atomic mass is 9.89. The zero-order chi connectivity index (χ0) is 13.9. The first-order chi connectivity index (χ1) is 8.36. The van der Waals surface area contributed by atoms with Crippen LogP contribution in [0.3, 0.4) is 0 Å². The molecule has 0 spiro atoms. The van der Waals surface area contributed by atoms with Crippen molar-refractivity contribution >= 4 is 0 Å². The molecule has 18 heavy (non-hydrogen) atoms. The Kier molecular flexibility index (Phi) is 4.82. The minimum atomic E-state index is -1.08. The molecule has 1 N–H and O–H groups in total. The molecule has 0 amide bonds. The van der Waals surface area contributed by atoms with Gasteiger partial charge < -0.3 is 5.11 Å². The Bertz CT molecular complexity index is 403. The van der Waals surface area contributed by atoms with Crippen LogP contribution in [0.4, 0.5) is 8.78 Å². The first-order valence-corrected chi connectivity index (χ1v) is 6.23. The van der Waals surface area contributed by atoms with E-state index < -0.39 is 23.3 Å². The molecule has 0 aliphatic carbocycles. The van der Waals surface area contributed by atoms with Crippen LogP contribution in [0.1, 0.15) is 39.4 Å². The van der Waals surface area contributed by atoms with Crippen molar-refractivity contribution in [2.24, 2.45) is 0 Å². The number of aliphatic hydroxyl groups is 1. The summed E-state index contributed by atoms with van der Waals surface area (Å²) in [6.45, 7) is 9.07. The third kappa shape index (κ3) is 2.70. The summed E-state index contributed by atoms with van der Waals surface area (Å²) >= 11 is 0. The predicted molar refractivity (Wildman–Crippen MR) is 68.3 cm³/mol. The van der Waals surface area contributed by atoms with Crippen molar-refractivity contribution in [2.75, 3.05) is 13.1 Å². The summed E-state index contributed by atoms with van der Waals surface area (Å²) < 4.78 is 26.9. The molecule has 2 nitrogen and oxygen atoms in total. The first-order valence-electron chi connectivity index (χ1n) is 6.23. The van der Waals surface area contributed by atoms with Crippen LogP contribution in [-0.4, -0.2) is 28.6 Å². The molecule has 0 aromatic heterocycles. The van der Waals surface area contributed by atoms with Crippen LogP contribution in [0.25, 0.3) is 0 Å². The average Bonchev–Trinajstić information content (AvgIpc) is 2.33. The lowest BCUT2D eigenvalue weighted by Gasteiger charge is -2.41. The highest BCUT2D eigenvalue weighted by Gasteiger charge is 2.35. The van der Waals surface area contributed by atoms with Crippen molar-refractivity contribution in [3.63, 3.8) is 0 Å². The minimum Gasteiger partial charge on any atom is -0.386 e. The zero-order valence-corrected chi connectivity index (χ0v) is 11.4. The quantitative estimate of drug-likeness (QED) is 0.876. The second-order valence-corrected chi connectivity index (χ2v) is 4.87. The monoisotopic (exact) mass is 257 g/mol. The largest absolute Gasteiger partial charge is 0.386 e. The second kappa shape index (κ2) is 5.76. The van der Waals surface area contributed by atoms with Crippen molar-refractivity contribution in [1.82, 2.24) is 4.90 Å². The van der Waals surface area contributed by atoms with Crippen LogP contribution < -0.4 is 0 Å². The molecule has 0 aliphatic rings. The molecule has 0 aliphatic heterocycles. The van der Waals surface area contributed by atoms with Gasteiger partial charge in [0.15, 0.2) is 11.6 Å². The predicted octanol–water partition coefficient (Wildman–Crippen LogP) is 3.12. The standard InChI is InChI=1S/C14H21F2NO/c1-5-17(6-2)14(3,4)13(18)10-8-7-9-11(15)12(10)16/h7-9,13,18H,5-6H2,1-4H3. The fourth-order valence-electron chi connectivity index (χ4n) is 2.32. The summed E-state index contributed by atoms with van der Waals surface area (Å²) in [6.07, 6.45) is -1.08. The molecule has 0 fully saturated rings. The highest BCUT2D eigenvalue weighted by Crippen LogP contribution is 2.32. The van der Waals surface area contributed by atoms with Crippen molar-refractivity contribution in [3.8, 4) is 0 Å². The number of benzene rings is 1. The smallest absolute Gasteiger partial charge is 0.164 e. The topological polar surface area (TPSA) is 23.5 Å². The molecule has 1 unspecified atom stereocenters. The maximum absolute atomic E-state index is 13.7. The minimum absolute atomic E-state index is 0.00639. The summed E-state index contributed by atoms with van der Waals surface area (Å²) in [5.41, 5.74) is -0.648. The summed E-state index contributed by atoms with van der Waals surface area (Å²) in [6, 6.07) is 3.89. The number of likely N-dealkylation sites (N-methyl/N-ethyl adjacent to an activating group) is 1. The van der Waals surface area contributed by atoms with Crippen molar-refractivity contribution in [3.05, 3.63) is 35.4 Å².